The first-order valence-electron chi connectivity index (χ1n) is 8.92. The maximum Gasteiger partial charge on any atom is 0.234 e. The van der Waals surface area contributed by atoms with Crippen LogP contribution in [-0.4, -0.2) is 29.9 Å². The summed E-state index contributed by atoms with van der Waals surface area (Å²) < 4.78 is 0. The number of carbonyl (C=O) groups is 1. The van der Waals surface area contributed by atoms with Crippen LogP contribution in [0.1, 0.15) is 57.1 Å². The number of amides is 1. The molecule has 3 nitrogen and oxygen atoms in total. The van der Waals surface area contributed by atoms with Crippen molar-refractivity contribution in [1.29, 1.82) is 0 Å². The standard InChI is InChI=1S/C19H27ClN2O/c1-14-5-2-3-6-17(14)21-19(23)13-22-12-4-7-18(22)15-8-10-16(20)11-9-15/h8-11,14,17-18H,2-7,12-13H2,1H3,(H,21,23)/t14-,17-,18+/m0/s1. The molecule has 1 aromatic carbocycles. The zero-order valence-corrected chi connectivity index (χ0v) is 14.7. The Kier molecular flexibility index (Phi) is 5.60. The number of benzene rings is 1. The van der Waals surface area contributed by atoms with Gasteiger partial charge in [0, 0.05) is 17.1 Å². The van der Waals surface area contributed by atoms with Gasteiger partial charge in [-0.1, -0.05) is 43.5 Å². The lowest BCUT2D eigenvalue weighted by molar-refractivity contribution is -0.123. The highest BCUT2D eigenvalue weighted by atomic mass is 35.5. The average molecular weight is 335 g/mol. The van der Waals surface area contributed by atoms with E-state index in [1.165, 1.54) is 24.8 Å². The lowest BCUT2D eigenvalue weighted by Gasteiger charge is -2.31. The van der Waals surface area contributed by atoms with E-state index in [1.54, 1.807) is 0 Å². The molecular formula is C19H27ClN2O. The van der Waals surface area contributed by atoms with Crippen LogP contribution in [-0.2, 0) is 4.79 Å². The number of hydrogen-bond donors (Lipinski definition) is 1. The van der Waals surface area contributed by atoms with Crippen molar-refractivity contribution in [2.24, 2.45) is 5.92 Å². The molecule has 126 valence electrons. The van der Waals surface area contributed by atoms with Crippen molar-refractivity contribution in [3.05, 3.63) is 34.9 Å². The Bertz CT molecular complexity index is 531. The third kappa shape index (κ3) is 4.27. The van der Waals surface area contributed by atoms with Crippen molar-refractivity contribution in [2.45, 2.75) is 57.5 Å². The van der Waals surface area contributed by atoms with Gasteiger partial charge in [-0.15, -0.1) is 0 Å². The summed E-state index contributed by atoms with van der Waals surface area (Å²) in [5, 5.41) is 4.04. The molecule has 1 aliphatic carbocycles. The molecule has 3 rings (SSSR count). The second-order valence-electron chi connectivity index (χ2n) is 7.12. The molecule has 0 radical (unpaired) electrons. The van der Waals surface area contributed by atoms with Gasteiger partial charge in [-0.3, -0.25) is 9.69 Å². The van der Waals surface area contributed by atoms with E-state index in [0.717, 1.165) is 30.8 Å². The van der Waals surface area contributed by atoms with E-state index in [-0.39, 0.29) is 5.91 Å². The Hall–Kier alpha value is -1.06. The Morgan fingerprint density at radius 1 is 1.17 bits per heavy atom. The second kappa shape index (κ2) is 7.67. The topological polar surface area (TPSA) is 32.3 Å². The molecule has 0 unspecified atom stereocenters. The van der Waals surface area contributed by atoms with Crippen LogP contribution in [0.25, 0.3) is 0 Å². The quantitative estimate of drug-likeness (QED) is 0.896. The van der Waals surface area contributed by atoms with Crippen molar-refractivity contribution >= 4 is 17.5 Å². The number of nitrogens with zero attached hydrogens (tertiary/aromatic N) is 1. The SMILES string of the molecule is C[C@H]1CCCC[C@@H]1NC(=O)CN1CCC[C@@H]1c1ccc(Cl)cc1. The number of rotatable bonds is 4. The van der Waals surface area contributed by atoms with E-state index in [9.17, 15) is 4.79 Å². The summed E-state index contributed by atoms with van der Waals surface area (Å²) in [5.41, 5.74) is 1.27. The highest BCUT2D eigenvalue weighted by Crippen LogP contribution is 2.32. The molecule has 1 aromatic rings. The number of likely N-dealkylation sites (tertiary alicyclic amines) is 1. The largest absolute Gasteiger partial charge is 0.352 e. The zero-order valence-electron chi connectivity index (χ0n) is 13.9. The molecule has 0 bridgehead atoms. The van der Waals surface area contributed by atoms with Crippen LogP contribution < -0.4 is 5.32 Å². The molecule has 1 saturated carbocycles. The van der Waals surface area contributed by atoms with Crippen LogP contribution in [0.15, 0.2) is 24.3 Å². The average Bonchev–Trinajstić information content (AvgIpc) is 2.98. The van der Waals surface area contributed by atoms with Crippen LogP contribution >= 0.6 is 11.6 Å². The predicted octanol–water partition coefficient (Wildman–Crippen LogP) is 4.17. The molecule has 1 heterocycles. The Balaban J connectivity index is 1.57. The number of nitrogens with one attached hydrogen (secondary N) is 1. The second-order valence-corrected chi connectivity index (χ2v) is 7.55. The molecule has 1 saturated heterocycles. The first kappa shape index (κ1) is 16.8. The summed E-state index contributed by atoms with van der Waals surface area (Å²) in [6, 6.07) is 8.78. The summed E-state index contributed by atoms with van der Waals surface area (Å²) in [6.07, 6.45) is 7.19. The van der Waals surface area contributed by atoms with Crippen molar-refractivity contribution in [3.63, 3.8) is 0 Å². The first-order chi connectivity index (χ1) is 11.1. The molecular weight excluding hydrogens is 308 g/mol. The fourth-order valence-corrected chi connectivity index (χ4v) is 4.17. The Morgan fingerprint density at radius 3 is 2.65 bits per heavy atom. The molecule has 23 heavy (non-hydrogen) atoms. The normalized spacial score (nSPS) is 28.7. The Morgan fingerprint density at radius 2 is 1.91 bits per heavy atom. The van der Waals surface area contributed by atoms with Crippen LogP contribution in [0.5, 0.6) is 0 Å². The van der Waals surface area contributed by atoms with Gasteiger partial charge in [0.1, 0.15) is 0 Å². The Labute approximate surface area is 144 Å². The van der Waals surface area contributed by atoms with E-state index in [1.807, 2.05) is 12.1 Å². The summed E-state index contributed by atoms with van der Waals surface area (Å²) >= 11 is 5.98. The van der Waals surface area contributed by atoms with Crippen molar-refractivity contribution < 1.29 is 4.79 Å². The van der Waals surface area contributed by atoms with E-state index < -0.39 is 0 Å². The lowest BCUT2D eigenvalue weighted by Crippen LogP contribution is -2.45. The van der Waals surface area contributed by atoms with E-state index in [0.29, 0.717) is 24.5 Å². The molecule has 1 amide bonds. The fraction of sp³-hybridized carbons (Fsp3) is 0.632. The number of carbonyl (C=O) groups excluding carboxylic acids is 1. The zero-order chi connectivity index (χ0) is 16.2. The molecule has 4 heteroatoms. The number of hydrogen-bond acceptors (Lipinski definition) is 2. The fourth-order valence-electron chi connectivity index (χ4n) is 4.05. The van der Waals surface area contributed by atoms with Crippen molar-refractivity contribution in [3.8, 4) is 0 Å². The van der Waals surface area contributed by atoms with Crippen LogP contribution in [0.2, 0.25) is 5.02 Å². The molecule has 0 aromatic heterocycles. The van der Waals surface area contributed by atoms with E-state index in [4.69, 9.17) is 11.6 Å². The van der Waals surface area contributed by atoms with Crippen LogP contribution in [0, 0.1) is 5.92 Å². The molecule has 3 atom stereocenters. The summed E-state index contributed by atoms with van der Waals surface area (Å²) in [6.45, 7) is 3.77. The summed E-state index contributed by atoms with van der Waals surface area (Å²) in [4.78, 5) is 14.8. The highest BCUT2D eigenvalue weighted by molar-refractivity contribution is 6.30. The third-order valence-corrected chi connectivity index (χ3v) is 5.67. The van der Waals surface area contributed by atoms with Gasteiger partial charge >= 0.3 is 0 Å². The van der Waals surface area contributed by atoms with Crippen molar-refractivity contribution in [1.82, 2.24) is 10.2 Å². The maximum atomic E-state index is 12.5. The summed E-state index contributed by atoms with van der Waals surface area (Å²) in [5.74, 6) is 0.794. The minimum absolute atomic E-state index is 0.185. The monoisotopic (exact) mass is 334 g/mol. The smallest absolute Gasteiger partial charge is 0.234 e. The molecule has 2 fully saturated rings. The van der Waals surface area contributed by atoms with Gasteiger partial charge in [0.05, 0.1) is 6.54 Å². The summed E-state index contributed by atoms with van der Waals surface area (Å²) in [7, 11) is 0. The van der Waals surface area contributed by atoms with Crippen LogP contribution in [0.4, 0.5) is 0 Å². The van der Waals surface area contributed by atoms with Crippen molar-refractivity contribution in [2.75, 3.05) is 13.1 Å². The molecule has 1 aliphatic heterocycles. The van der Waals surface area contributed by atoms with Gasteiger partial charge in [0.15, 0.2) is 0 Å². The highest BCUT2D eigenvalue weighted by Gasteiger charge is 2.29. The lowest BCUT2D eigenvalue weighted by atomic mass is 9.86. The molecule has 2 aliphatic rings. The van der Waals surface area contributed by atoms with E-state index in [2.05, 4.69) is 29.3 Å². The maximum absolute atomic E-state index is 12.5. The van der Waals surface area contributed by atoms with E-state index >= 15 is 0 Å². The van der Waals surface area contributed by atoms with Gasteiger partial charge in [0.2, 0.25) is 5.91 Å². The molecule has 0 spiro atoms. The third-order valence-electron chi connectivity index (χ3n) is 5.42. The predicted molar refractivity (Wildman–Crippen MR) is 94.6 cm³/mol. The van der Waals surface area contributed by atoms with Gasteiger partial charge in [-0.05, 0) is 55.8 Å². The minimum Gasteiger partial charge on any atom is -0.352 e. The first-order valence-corrected chi connectivity index (χ1v) is 9.30. The minimum atomic E-state index is 0.185. The van der Waals surface area contributed by atoms with Gasteiger partial charge < -0.3 is 5.32 Å². The molecule has 1 N–H and O–H groups in total. The van der Waals surface area contributed by atoms with Gasteiger partial charge in [-0.25, -0.2) is 0 Å². The van der Waals surface area contributed by atoms with Gasteiger partial charge in [-0.2, -0.15) is 0 Å². The number of halogens is 1. The van der Waals surface area contributed by atoms with Crippen LogP contribution in [0.3, 0.4) is 0 Å². The van der Waals surface area contributed by atoms with Gasteiger partial charge in [0.25, 0.3) is 0 Å².